The number of nitriles is 1. The predicted molar refractivity (Wildman–Crippen MR) is 68.4 cm³/mol. The van der Waals surface area contributed by atoms with E-state index in [0.717, 1.165) is 0 Å². The predicted octanol–water partition coefficient (Wildman–Crippen LogP) is 1.91. The van der Waals surface area contributed by atoms with Crippen LogP contribution >= 0.6 is 0 Å². The van der Waals surface area contributed by atoms with Gasteiger partial charge in [-0.2, -0.15) is 8.42 Å². The largest absolute Gasteiger partial charge is 0.388 e. The third-order valence-corrected chi connectivity index (χ3v) is 3.68. The van der Waals surface area contributed by atoms with Crippen molar-refractivity contribution in [1.82, 2.24) is 0 Å². The van der Waals surface area contributed by atoms with Crippen molar-refractivity contribution in [3.05, 3.63) is 24.3 Å². The van der Waals surface area contributed by atoms with Crippen LogP contribution in [-0.4, -0.2) is 15.0 Å². The molecule has 0 heterocycles. The minimum absolute atomic E-state index is 0.00569. The van der Waals surface area contributed by atoms with E-state index < -0.39 is 10.1 Å². The normalized spacial score (nSPS) is 12.2. The van der Waals surface area contributed by atoms with E-state index in [0.29, 0.717) is 6.42 Å². The van der Waals surface area contributed by atoms with Crippen LogP contribution in [0.15, 0.2) is 29.2 Å². The van der Waals surface area contributed by atoms with Gasteiger partial charge >= 0.3 is 0 Å². The summed E-state index contributed by atoms with van der Waals surface area (Å²) in [6.45, 7) is 1.84. The van der Waals surface area contributed by atoms with Crippen LogP contribution in [0.1, 0.15) is 13.3 Å². The molecular weight excluding hydrogens is 266 g/mol. The first-order chi connectivity index (χ1) is 8.99. The molecule has 0 aliphatic rings. The maximum absolute atomic E-state index is 11.8. The average molecular weight is 279 g/mol. The Morgan fingerprint density at radius 2 is 2.00 bits per heavy atom. The minimum Gasteiger partial charge on any atom is -0.388 e. The number of nitrogens with zero attached hydrogens (tertiary/aromatic N) is 1. The standard InChI is InChI=1S/C13H13NO4S/c1-3-11(2)8-9-18-19(15,16)13-6-4-12(5-7-13)17-10-14/h1,4-7,11H,8-9H2,2H3. The van der Waals surface area contributed by atoms with Crippen molar-refractivity contribution >= 4 is 10.1 Å². The lowest BCUT2D eigenvalue weighted by atomic mass is 10.1. The molecule has 0 N–H and O–H groups in total. The molecule has 1 atom stereocenters. The highest BCUT2D eigenvalue weighted by atomic mass is 32.2. The van der Waals surface area contributed by atoms with Crippen molar-refractivity contribution in [2.24, 2.45) is 5.92 Å². The Labute approximate surface area is 112 Å². The van der Waals surface area contributed by atoms with Gasteiger partial charge in [-0.05, 0) is 30.7 Å². The molecule has 1 aromatic rings. The van der Waals surface area contributed by atoms with Gasteiger partial charge in [0.25, 0.3) is 16.4 Å². The quantitative estimate of drug-likeness (QED) is 0.451. The highest BCUT2D eigenvalue weighted by Gasteiger charge is 2.15. The number of hydrogen-bond donors (Lipinski definition) is 0. The molecular formula is C13H13NO4S. The van der Waals surface area contributed by atoms with E-state index in [1.165, 1.54) is 30.5 Å². The third-order valence-electron chi connectivity index (χ3n) is 2.35. The third kappa shape index (κ3) is 4.63. The fraction of sp³-hybridized carbons (Fsp3) is 0.308. The second kappa shape index (κ2) is 6.79. The van der Waals surface area contributed by atoms with Gasteiger partial charge < -0.3 is 4.74 Å². The van der Waals surface area contributed by atoms with Gasteiger partial charge in [0.2, 0.25) is 0 Å². The Balaban J connectivity index is 2.68. The molecule has 19 heavy (non-hydrogen) atoms. The second-order valence-electron chi connectivity index (χ2n) is 3.80. The van der Waals surface area contributed by atoms with Crippen molar-refractivity contribution in [1.29, 1.82) is 5.26 Å². The molecule has 1 unspecified atom stereocenters. The Kier molecular flexibility index (Phi) is 5.37. The SMILES string of the molecule is C#CC(C)CCOS(=O)(=O)c1ccc(OC#N)cc1. The van der Waals surface area contributed by atoms with Crippen LogP contribution in [0.2, 0.25) is 0 Å². The minimum atomic E-state index is -3.80. The number of hydrogen-bond acceptors (Lipinski definition) is 5. The molecule has 0 aliphatic carbocycles. The lowest BCUT2D eigenvalue weighted by molar-refractivity contribution is 0.300. The molecule has 0 radical (unpaired) electrons. The summed E-state index contributed by atoms with van der Waals surface area (Å²) in [7, 11) is -3.80. The van der Waals surface area contributed by atoms with E-state index in [4.69, 9.17) is 15.9 Å². The van der Waals surface area contributed by atoms with Gasteiger partial charge in [-0.15, -0.1) is 17.6 Å². The van der Waals surface area contributed by atoms with Gasteiger partial charge in [-0.3, -0.25) is 4.18 Å². The summed E-state index contributed by atoms with van der Waals surface area (Å²) in [5.74, 6) is 2.72. The summed E-state index contributed by atoms with van der Waals surface area (Å²) in [5, 5.41) is 8.31. The molecule has 6 heteroatoms. The van der Waals surface area contributed by atoms with Crippen LogP contribution in [0.3, 0.4) is 0 Å². The molecule has 0 saturated heterocycles. The maximum Gasteiger partial charge on any atom is 0.296 e. The van der Waals surface area contributed by atoms with Gasteiger partial charge in [0.1, 0.15) is 5.75 Å². The van der Waals surface area contributed by atoms with Crippen LogP contribution in [0.25, 0.3) is 0 Å². The molecule has 0 fully saturated rings. The van der Waals surface area contributed by atoms with E-state index >= 15 is 0 Å². The molecule has 5 nitrogen and oxygen atoms in total. The Bertz CT molecular complexity index is 593. The molecule has 0 bridgehead atoms. The van der Waals surface area contributed by atoms with Crippen LogP contribution in [-0.2, 0) is 14.3 Å². The lowest BCUT2D eigenvalue weighted by Gasteiger charge is -2.07. The molecule has 0 amide bonds. The van der Waals surface area contributed by atoms with Gasteiger partial charge in [-0.25, -0.2) is 0 Å². The average Bonchev–Trinajstić information content (AvgIpc) is 2.39. The molecule has 0 aliphatic heterocycles. The Morgan fingerprint density at radius 3 is 2.53 bits per heavy atom. The van der Waals surface area contributed by atoms with Gasteiger partial charge in [0.05, 0.1) is 11.5 Å². The molecule has 0 saturated carbocycles. The van der Waals surface area contributed by atoms with Crippen LogP contribution < -0.4 is 4.74 Å². The first-order valence-electron chi connectivity index (χ1n) is 5.51. The molecule has 100 valence electrons. The van der Waals surface area contributed by atoms with Crippen molar-refractivity contribution in [3.8, 4) is 24.3 Å². The first kappa shape index (κ1) is 15.0. The summed E-state index contributed by atoms with van der Waals surface area (Å²) in [4.78, 5) is 0.00569. The number of rotatable bonds is 6. The van der Waals surface area contributed by atoms with Gasteiger partial charge in [-0.1, -0.05) is 6.92 Å². The van der Waals surface area contributed by atoms with Crippen molar-refractivity contribution in [3.63, 3.8) is 0 Å². The summed E-state index contributed by atoms with van der Waals surface area (Å²) in [5.41, 5.74) is 0. The van der Waals surface area contributed by atoms with E-state index in [1.807, 2.05) is 6.92 Å². The van der Waals surface area contributed by atoms with Crippen LogP contribution in [0.4, 0.5) is 0 Å². The van der Waals surface area contributed by atoms with Crippen LogP contribution in [0, 0.1) is 29.8 Å². The van der Waals surface area contributed by atoms with Crippen LogP contribution in [0.5, 0.6) is 5.75 Å². The second-order valence-corrected chi connectivity index (χ2v) is 5.41. The van der Waals surface area contributed by atoms with Gasteiger partial charge in [0.15, 0.2) is 0 Å². The zero-order valence-corrected chi connectivity index (χ0v) is 11.2. The first-order valence-corrected chi connectivity index (χ1v) is 6.92. The van der Waals surface area contributed by atoms with E-state index in [2.05, 4.69) is 10.7 Å². The van der Waals surface area contributed by atoms with Gasteiger partial charge in [0, 0.05) is 5.92 Å². The van der Waals surface area contributed by atoms with Crippen molar-refractivity contribution in [2.75, 3.05) is 6.61 Å². The summed E-state index contributed by atoms with van der Waals surface area (Å²) < 4.78 is 33.0. The summed E-state index contributed by atoms with van der Waals surface area (Å²) >= 11 is 0. The lowest BCUT2D eigenvalue weighted by Crippen LogP contribution is -2.09. The zero-order valence-electron chi connectivity index (χ0n) is 10.4. The fourth-order valence-corrected chi connectivity index (χ4v) is 2.13. The molecule has 1 aromatic carbocycles. The molecule has 0 spiro atoms. The molecule has 0 aromatic heterocycles. The Hall–Kier alpha value is -2.02. The molecule has 1 rings (SSSR count). The highest BCUT2D eigenvalue weighted by Crippen LogP contribution is 2.18. The number of benzene rings is 1. The van der Waals surface area contributed by atoms with Crippen molar-refractivity contribution in [2.45, 2.75) is 18.2 Å². The smallest absolute Gasteiger partial charge is 0.296 e. The number of ether oxygens (including phenoxy) is 1. The maximum atomic E-state index is 11.8. The fourth-order valence-electron chi connectivity index (χ4n) is 1.21. The highest BCUT2D eigenvalue weighted by molar-refractivity contribution is 7.86. The van der Waals surface area contributed by atoms with E-state index in [-0.39, 0.29) is 23.2 Å². The summed E-state index contributed by atoms with van der Waals surface area (Å²) in [6, 6.07) is 5.38. The Morgan fingerprint density at radius 1 is 1.37 bits per heavy atom. The van der Waals surface area contributed by atoms with Crippen molar-refractivity contribution < 1.29 is 17.3 Å². The van der Waals surface area contributed by atoms with E-state index in [9.17, 15) is 8.42 Å². The zero-order chi connectivity index (χ0) is 14.3. The monoisotopic (exact) mass is 279 g/mol. The summed E-state index contributed by atoms with van der Waals surface area (Å²) in [6.07, 6.45) is 7.14. The number of terminal acetylenes is 1. The topological polar surface area (TPSA) is 76.4 Å². The van der Waals surface area contributed by atoms with E-state index in [1.54, 1.807) is 0 Å².